The number of rotatable bonds is 3. The molecule has 1 atom stereocenters. The second kappa shape index (κ2) is 6.25. The van der Waals surface area contributed by atoms with Crippen molar-refractivity contribution in [2.45, 2.75) is 64.8 Å². The van der Waals surface area contributed by atoms with Gasteiger partial charge in [-0.2, -0.15) is 0 Å². The van der Waals surface area contributed by atoms with Crippen molar-refractivity contribution in [1.82, 2.24) is 4.98 Å². The zero-order valence-electron chi connectivity index (χ0n) is 13.6. The number of hydrogen-bond donors (Lipinski definition) is 1. The van der Waals surface area contributed by atoms with E-state index in [1.54, 1.807) is 0 Å². The summed E-state index contributed by atoms with van der Waals surface area (Å²) >= 11 is 0. The molecule has 116 valence electrons. The molecule has 0 amide bonds. The average Bonchev–Trinajstić information content (AvgIpc) is 2.93. The fraction of sp³-hybridized carbons (Fsp3) is 0.722. The molecule has 3 nitrogen and oxygen atoms in total. The van der Waals surface area contributed by atoms with E-state index in [1.165, 1.54) is 56.5 Å². The number of nitrogens with zero attached hydrogens (tertiary/aromatic N) is 2. The van der Waals surface area contributed by atoms with E-state index in [-0.39, 0.29) is 0 Å². The van der Waals surface area contributed by atoms with Crippen LogP contribution in [-0.2, 0) is 0 Å². The first kappa shape index (κ1) is 14.7. The van der Waals surface area contributed by atoms with Gasteiger partial charge in [0.15, 0.2) is 5.82 Å². The minimum Gasteiger partial charge on any atom is -0.379 e. The first-order chi connectivity index (χ1) is 10.1. The van der Waals surface area contributed by atoms with E-state index in [9.17, 15) is 0 Å². The molecule has 3 heteroatoms. The summed E-state index contributed by atoms with van der Waals surface area (Å²) in [6, 6.07) is 4.87. The van der Waals surface area contributed by atoms with Crippen molar-refractivity contribution in [2.24, 2.45) is 5.41 Å². The van der Waals surface area contributed by atoms with Crippen molar-refractivity contribution in [3.8, 4) is 0 Å². The van der Waals surface area contributed by atoms with Crippen LogP contribution in [0.2, 0.25) is 0 Å². The Morgan fingerprint density at radius 1 is 1.14 bits per heavy atom. The fourth-order valence-corrected chi connectivity index (χ4v) is 3.72. The number of aromatic nitrogens is 1. The summed E-state index contributed by atoms with van der Waals surface area (Å²) in [4.78, 5) is 7.08. The maximum atomic E-state index is 4.64. The average molecular weight is 287 g/mol. The molecule has 1 saturated heterocycles. The van der Waals surface area contributed by atoms with Gasteiger partial charge >= 0.3 is 0 Å². The van der Waals surface area contributed by atoms with Gasteiger partial charge in [0, 0.05) is 25.3 Å². The van der Waals surface area contributed by atoms with Gasteiger partial charge in [-0.15, -0.1) is 0 Å². The Kier molecular flexibility index (Phi) is 4.37. The van der Waals surface area contributed by atoms with Crippen LogP contribution in [0.3, 0.4) is 0 Å². The SMILES string of the molecule is CC1(C)CCCC(Nc2cccnc2N2CCCC2)CC1. The second-order valence-electron chi connectivity index (χ2n) is 7.51. The molecule has 2 heterocycles. The van der Waals surface area contributed by atoms with Crippen molar-refractivity contribution in [3.05, 3.63) is 18.3 Å². The first-order valence-corrected chi connectivity index (χ1v) is 8.61. The van der Waals surface area contributed by atoms with Crippen LogP contribution in [-0.4, -0.2) is 24.1 Å². The van der Waals surface area contributed by atoms with Crippen molar-refractivity contribution in [2.75, 3.05) is 23.3 Å². The van der Waals surface area contributed by atoms with Crippen LogP contribution >= 0.6 is 0 Å². The molecule has 1 aliphatic carbocycles. The molecule has 1 aromatic rings. The molecule has 2 fully saturated rings. The van der Waals surface area contributed by atoms with Crippen molar-refractivity contribution >= 4 is 11.5 Å². The molecule has 0 bridgehead atoms. The minimum atomic E-state index is 0.517. The number of hydrogen-bond acceptors (Lipinski definition) is 3. The van der Waals surface area contributed by atoms with Gasteiger partial charge in [0.2, 0.25) is 0 Å². The Balaban J connectivity index is 1.69. The number of anilines is 2. The molecule has 0 radical (unpaired) electrons. The summed E-state index contributed by atoms with van der Waals surface area (Å²) < 4.78 is 0. The van der Waals surface area contributed by atoms with Crippen LogP contribution in [0.25, 0.3) is 0 Å². The highest BCUT2D eigenvalue weighted by molar-refractivity contribution is 5.66. The molecule has 0 spiro atoms. The lowest BCUT2D eigenvalue weighted by Crippen LogP contribution is -2.24. The van der Waals surface area contributed by atoms with E-state index in [2.05, 4.69) is 41.2 Å². The van der Waals surface area contributed by atoms with Gasteiger partial charge in [-0.1, -0.05) is 20.3 Å². The highest BCUT2D eigenvalue weighted by Gasteiger charge is 2.25. The van der Waals surface area contributed by atoms with E-state index < -0.39 is 0 Å². The third-order valence-corrected chi connectivity index (χ3v) is 5.13. The minimum absolute atomic E-state index is 0.517. The van der Waals surface area contributed by atoms with Crippen molar-refractivity contribution in [1.29, 1.82) is 0 Å². The molecule has 0 aromatic carbocycles. The topological polar surface area (TPSA) is 28.2 Å². The number of nitrogens with one attached hydrogen (secondary N) is 1. The van der Waals surface area contributed by atoms with Crippen LogP contribution in [0.4, 0.5) is 11.5 Å². The zero-order chi connectivity index (χ0) is 14.7. The van der Waals surface area contributed by atoms with E-state index in [4.69, 9.17) is 0 Å². The highest BCUT2D eigenvalue weighted by atomic mass is 15.2. The molecule has 3 rings (SSSR count). The Hall–Kier alpha value is -1.25. The second-order valence-corrected chi connectivity index (χ2v) is 7.51. The van der Waals surface area contributed by atoms with Crippen LogP contribution < -0.4 is 10.2 Å². The zero-order valence-corrected chi connectivity index (χ0v) is 13.6. The molecule has 1 aromatic heterocycles. The molecular formula is C18H29N3. The summed E-state index contributed by atoms with van der Waals surface area (Å²) in [5.74, 6) is 1.17. The maximum Gasteiger partial charge on any atom is 0.151 e. The molecule has 2 aliphatic rings. The summed E-state index contributed by atoms with van der Waals surface area (Å²) in [5.41, 5.74) is 1.76. The van der Waals surface area contributed by atoms with Crippen LogP contribution in [0.15, 0.2) is 18.3 Å². The largest absolute Gasteiger partial charge is 0.379 e. The lowest BCUT2D eigenvalue weighted by molar-refractivity contribution is 0.313. The molecule has 1 N–H and O–H groups in total. The van der Waals surface area contributed by atoms with Crippen LogP contribution in [0.5, 0.6) is 0 Å². The Morgan fingerprint density at radius 2 is 1.95 bits per heavy atom. The summed E-state index contributed by atoms with van der Waals surface area (Å²) in [7, 11) is 0. The molecule has 1 unspecified atom stereocenters. The van der Waals surface area contributed by atoms with E-state index >= 15 is 0 Å². The Bertz CT molecular complexity index is 463. The van der Waals surface area contributed by atoms with Gasteiger partial charge in [-0.05, 0) is 56.1 Å². The van der Waals surface area contributed by atoms with E-state index in [0.717, 1.165) is 13.1 Å². The summed E-state index contributed by atoms with van der Waals surface area (Å²) in [6.45, 7) is 7.14. The smallest absolute Gasteiger partial charge is 0.151 e. The highest BCUT2D eigenvalue weighted by Crippen LogP contribution is 2.35. The summed E-state index contributed by atoms with van der Waals surface area (Å²) in [6.07, 6.45) is 11.1. The van der Waals surface area contributed by atoms with Gasteiger partial charge in [-0.25, -0.2) is 4.98 Å². The van der Waals surface area contributed by atoms with Crippen molar-refractivity contribution < 1.29 is 0 Å². The van der Waals surface area contributed by atoms with Gasteiger partial charge in [0.25, 0.3) is 0 Å². The predicted molar refractivity (Wildman–Crippen MR) is 90.0 cm³/mol. The summed E-state index contributed by atoms with van der Waals surface area (Å²) in [5, 5.41) is 3.80. The van der Waals surface area contributed by atoms with Crippen molar-refractivity contribution in [3.63, 3.8) is 0 Å². The first-order valence-electron chi connectivity index (χ1n) is 8.61. The Labute approximate surface area is 129 Å². The number of pyridine rings is 1. The predicted octanol–water partition coefficient (Wildman–Crippen LogP) is 4.45. The van der Waals surface area contributed by atoms with Crippen LogP contribution in [0, 0.1) is 5.41 Å². The standard InChI is InChI=1S/C18H29N3/c1-18(2)10-5-7-15(9-11-18)20-16-8-6-12-19-17(16)21-13-3-4-14-21/h6,8,12,15,20H,3-5,7,9-11,13-14H2,1-2H3. The van der Waals surface area contributed by atoms with Gasteiger partial charge in [0.05, 0.1) is 5.69 Å². The molecule has 21 heavy (non-hydrogen) atoms. The fourth-order valence-electron chi connectivity index (χ4n) is 3.72. The lowest BCUT2D eigenvalue weighted by Gasteiger charge is -2.25. The van der Waals surface area contributed by atoms with E-state index in [1.807, 2.05) is 6.20 Å². The molecule has 1 aliphatic heterocycles. The third-order valence-electron chi connectivity index (χ3n) is 5.13. The van der Waals surface area contributed by atoms with Gasteiger partial charge in [-0.3, -0.25) is 0 Å². The lowest BCUT2D eigenvalue weighted by atomic mass is 9.85. The van der Waals surface area contributed by atoms with E-state index in [0.29, 0.717) is 11.5 Å². The quantitative estimate of drug-likeness (QED) is 0.832. The van der Waals surface area contributed by atoms with Crippen LogP contribution in [0.1, 0.15) is 58.8 Å². The monoisotopic (exact) mass is 287 g/mol. The Morgan fingerprint density at radius 3 is 2.76 bits per heavy atom. The molecular weight excluding hydrogens is 258 g/mol. The van der Waals surface area contributed by atoms with Gasteiger partial charge < -0.3 is 10.2 Å². The maximum absolute atomic E-state index is 4.64. The molecule has 1 saturated carbocycles. The third kappa shape index (κ3) is 3.69. The normalized spacial score (nSPS) is 25.6. The van der Waals surface area contributed by atoms with Gasteiger partial charge in [0.1, 0.15) is 0 Å².